The zero-order chi connectivity index (χ0) is 43.9. The second-order valence-corrected chi connectivity index (χ2v) is 15.9. The van der Waals surface area contributed by atoms with Gasteiger partial charge in [-0.05, 0) is 110 Å². The van der Waals surface area contributed by atoms with Crippen LogP contribution < -0.4 is 5.32 Å². The minimum atomic E-state index is -4.38. The summed E-state index contributed by atoms with van der Waals surface area (Å²) in [7, 11) is -2.69. The van der Waals surface area contributed by atoms with Crippen molar-refractivity contribution in [3.63, 3.8) is 0 Å². The molecular weight excluding hydrogens is 774 g/mol. The smallest absolute Gasteiger partial charge is 0.462 e. The van der Waals surface area contributed by atoms with Crippen molar-refractivity contribution in [1.82, 2.24) is 5.32 Å². The minimum Gasteiger partial charge on any atom is -0.462 e. The van der Waals surface area contributed by atoms with E-state index in [2.05, 4.69) is 129 Å². The first-order chi connectivity index (χ1) is 29.3. The molecule has 0 amide bonds. The summed E-state index contributed by atoms with van der Waals surface area (Å²) in [5.41, 5.74) is 0. The van der Waals surface area contributed by atoms with Crippen molar-refractivity contribution in [2.75, 3.05) is 33.4 Å². The Hall–Kier alpha value is -3.33. The molecule has 0 heterocycles. The largest absolute Gasteiger partial charge is 0.472 e. The number of unbranched alkanes of at least 4 members (excludes halogenated alkanes) is 9. The number of phosphoric ester groups is 1. The van der Waals surface area contributed by atoms with Crippen LogP contribution in [0, 0.1) is 0 Å². The Bertz CT molecular complexity index is 1340. The van der Waals surface area contributed by atoms with Crippen molar-refractivity contribution in [2.24, 2.45) is 0 Å². The zero-order valence-corrected chi connectivity index (χ0v) is 38.5. The van der Waals surface area contributed by atoms with Crippen LogP contribution in [0.4, 0.5) is 0 Å². The van der Waals surface area contributed by atoms with Crippen LogP contribution in [0.25, 0.3) is 0 Å². The maximum absolute atomic E-state index is 12.6. The standard InChI is InChI=1S/C50H82NO8P/c1-4-6-8-10-12-14-16-18-20-22-24-26-28-30-32-34-36-38-40-42-49(52)56-46-48(47-58-60(54,55)57-45-44-51-3)59-50(53)43-41-39-37-35-33-31-29-27-25-23-21-19-17-15-13-11-9-7-5-2/h7,9,12-15,18-21,24-27,30-33,48,51H,4-6,8,10-11,16-17,22-23,28-29,34-47H2,1-3H3,(H,54,55)/b9-7-,14-12-,15-13-,20-18-,21-19-,26-24-,27-25-,32-30-,33-31-. The molecule has 0 aromatic carbocycles. The van der Waals surface area contributed by atoms with E-state index < -0.39 is 32.5 Å². The lowest BCUT2D eigenvalue weighted by molar-refractivity contribution is -0.161. The number of ether oxygens (including phenoxy) is 2. The third-order valence-electron chi connectivity index (χ3n) is 8.88. The number of allylic oxidation sites excluding steroid dienone is 18. The molecule has 0 saturated heterocycles. The van der Waals surface area contributed by atoms with Gasteiger partial charge in [-0.2, -0.15) is 0 Å². The van der Waals surface area contributed by atoms with Gasteiger partial charge in [-0.3, -0.25) is 18.6 Å². The molecule has 60 heavy (non-hydrogen) atoms. The molecule has 0 aromatic heterocycles. The third kappa shape index (κ3) is 44.2. The van der Waals surface area contributed by atoms with Crippen molar-refractivity contribution in [3.8, 4) is 0 Å². The van der Waals surface area contributed by atoms with E-state index in [-0.39, 0.29) is 26.1 Å². The van der Waals surface area contributed by atoms with Gasteiger partial charge in [0.2, 0.25) is 0 Å². The Labute approximate surface area is 365 Å². The molecule has 0 aliphatic heterocycles. The highest BCUT2D eigenvalue weighted by molar-refractivity contribution is 7.47. The number of nitrogens with one attached hydrogen (secondary N) is 1. The molecule has 0 radical (unpaired) electrons. The summed E-state index contributed by atoms with van der Waals surface area (Å²) in [6.07, 6.45) is 58.5. The highest BCUT2D eigenvalue weighted by atomic mass is 31.2. The fourth-order valence-electron chi connectivity index (χ4n) is 5.44. The first kappa shape index (κ1) is 56.7. The summed E-state index contributed by atoms with van der Waals surface area (Å²) in [5, 5.41) is 2.82. The summed E-state index contributed by atoms with van der Waals surface area (Å²) in [6.45, 7) is 3.98. The van der Waals surface area contributed by atoms with E-state index in [1.54, 1.807) is 7.05 Å². The summed E-state index contributed by atoms with van der Waals surface area (Å²) >= 11 is 0. The molecule has 340 valence electrons. The molecular formula is C50H82NO8P. The van der Waals surface area contributed by atoms with Crippen LogP contribution in [0.1, 0.15) is 155 Å². The predicted octanol–water partition coefficient (Wildman–Crippen LogP) is 13.4. The van der Waals surface area contributed by atoms with Crippen LogP contribution in [0.2, 0.25) is 0 Å². The third-order valence-corrected chi connectivity index (χ3v) is 9.86. The Morgan fingerprint density at radius 3 is 1.38 bits per heavy atom. The molecule has 0 aliphatic rings. The lowest BCUT2D eigenvalue weighted by Crippen LogP contribution is -2.29. The van der Waals surface area contributed by atoms with E-state index in [1.807, 2.05) is 0 Å². The van der Waals surface area contributed by atoms with Gasteiger partial charge in [-0.1, -0.05) is 149 Å². The van der Waals surface area contributed by atoms with Gasteiger partial charge in [-0.15, -0.1) is 0 Å². The maximum atomic E-state index is 12.6. The second-order valence-electron chi connectivity index (χ2n) is 14.5. The normalized spacial score (nSPS) is 14.3. The quantitative estimate of drug-likeness (QED) is 0.0268. The monoisotopic (exact) mass is 856 g/mol. The number of carbonyl (C=O) groups excluding carboxylic acids is 2. The van der Waals surface area contributed by atoms with E-state index in [9.17, 15) is 19.0 Å². The molecule has 2 unspecified atom stereocenters. The predicted molar refractivity (Wildman–Crippen MR) is 252 cm³/mol. The Morgan fingerprint density at radius 1 is 0.533 bits per heavy atom. The topological polar surface area (TPSA) is 120 Å². The van der Waals surface area contributed by atoms with Crippen molar-refractivity contribution in [1.29, 1.82) is 0 Å². The van der Waals surface area contributed by atoms with E-state index in [4.69, 9.17) is 18.5 Å². The van der Waals surface area contributed by atoms with Gasteiger partial charge in [0.25, 0.3) is 0 Å². The molecule has 0 spiro atoms. The summed E-state index contributed by atoms with van der Waals surface area (Å²) in [6, 6.07) is 0. The van der Waals surface area contributed by atoms with Crippen LogP contribution in [-0.4, -0.2) is 56.3 Å². The first-order valence-corrected chi connectivity index (χ1v) is 24.3. The maximum Gasteiger partial charge on any atom is 0.472 e. The summed E-state index contributed by atoms with van der Waals surface area (Å²) < 4.78 is 33.2. The fourth-order valence-corrected chi connectivity index (χ4v) is 6.19. The minimum absolute atomic E-state index is 0.0360. The number of rotatable bonds is 41. The van der Waals surface area contributed by atoms with Gasteiger partial charge >= 0.3 is 19.8 Å². The molecule has 0 rings (SSSR count). The van der Waals surface area contributed by atoms with E-state index in [0.717, 1.165) is 89.9 Å². The van der Waals surface area contributed by atoms with Gasteiger partial charge < -0.3 is 19.7 Å². The first-order valence-electron chi connectivity index (χ1n) is 22.8. The lowest BCUT2D eigenvalue weighted by Gasteiger charge is -2.20. The van der Waals surface area contributed by atoms with Gasteiger partial charge in [0.1, 0.15) is 6.61 Å². The van der Waals surface area contributed by atoms with Crippen molar-refractivity contribution in [2.45, 2.75) is 161 Å². The number of carbonyl (C=O) groups is 2. The van der Waals surface area contributed by atoms with Gasteiger partial charge in [0, 0.05) is 19.4 Å². The van der Waals surface area contributed by atoms with Crippen LogP contribution in [-0.2, 0) is 32.7 Å². The van der Waals surface area contributed by atoms with Gasteiger partial charge in [0.05, 0.1) is 13.2 Å². The van der Waals surface area contributed by atoms with Gasteiger partial charge in [-0.25, -0.2) is 4.57 Å². The molecule has 9 nitrogen and oxygen atoms in total. The molecule has 2 atom stereocenters. The van der Waals surface area contributed by atoms with Crippen molar-refractivity contribution < 1.29 is 37.6 Å². The zero-order valence-electron chi connectivity index (χ0n) is 37.6. The highest BCUT2D eigenvalue weighted by Gasteiger charge is 2.26. The number of hydrogen-bond donors (Lipinski definition) is 2. The Morgan fingerprint density at radius 2 is 0.950 bits per heavy atom. The van der Waals surface area contributed by atoms with Crippen LogP contribution in [0.5, 0.6) is 0 Å². The van der Waals surface area contributed by atoms with Crippen molar-refractivity contribution >= 4 is 19.8 Å². The summed E-state index contributed by atoms with van der Waals surface area (Å²) in [4.78, 5) is 35.1. The average Bonchev–Trinajstić information content (AvgIpc) is 3.23. The number of hydrogen-bond acceptors (Lipinski definition) is 8. The highest BCUT2D eigenvalue weighted by Crippen LogP contribution is 2.43. The summed E-state index contributed by atoms with van der Waals surface area (Å²) in [5.74, 6) is -0.892. The molecule has 0 bridgehead atoms. The molecule has 0 aliphatic carbocycles. The Balaban J connectivity index is 4.36. The van der Waals surface area contributed by atoms with Crippen LogP contribution in [0.15, 0.2) is 109 Å². The number of esters is 2. The molecule has 2 N–H and O–H groups in total. The number of phosphoric acid groups is 1. The molecule has 0 aromatic rings. The van der Waals surface area contributed by atoms with Gasteiger partial charge in [0.15, 0.2) is 6.10 Å². The fraction of sp³-hybridized carbons (Fsp3) is 0.600. The second kappa shape index (κ2) is 45.2. The lowest BCUT2D eigenvalue weighted by atomic mass is 10.1. The van der Waals surface area contributed by atoms with Crippen LogP contribution in [0.3, 0.4) is 0 Å². The SMILES string of the molecule is CC/C=C\C/C=C\C/C=C\C/C=C\C/C=C\CCCCCC(=O)OC(COC(=O)CCCCC/C=C\C/C=C\C/C=C\C/C=C\CCCCC)COP(=O)(O)OCCNC. The molecule has 10 heteroatoms. The Kier molecular flexibility index (Phi) is 42.7. The van der Waals surface area contributed by atoms with E-state index in [1.165, 1.54) is 25.7 Å². The molecule has 0 saturated carbocycles. The number of likely N-dealkylation sites (N-methyl/N-ethyl adjacent to an activating group) is 1. The van der Waals surface area contributed by atoms with E-state index >= 15 is 0 Å². The van der Waals surface area contributed by atoms with E-state index in [0.29, 0.717) is 19.4 Å². The van der Waals surface area contributed by atoms with Crippen LogP contribution >= 0.6 is 7.82 Å². The average molecular weight is 856 g/mol. The van der Waals surface area contributed by atoms with Crippen molar-refractivity contribution in [3.05, 3.63) is 109 Å². The molecule has 0 fully saturated rings.